The van der Waals surface area contributed by atoms with Crippen molar-refractivity contribution >= 4 is 23.1 Å². The molecule has 1 aromatic heterocycles. The second-order valence-electron chi connectivity index (χ2n) is 3.29. The average molecular weight is 214 g/mol. The van der Waals surface area contributed by atoms with Gasteiger partial charge in [0.1, 0.15) is 0 Å². The molecule has 0 bridgehead atoms. The van der Waals surface area contributed by atoms with Gasteiger partial charge >= 0.3 is 0 Å². The molecule has 0 aliphatic carbocycles. The number of rotatable bonds is 3. The molecular weight excluding hydrogens is 200 g/mol. The van der Waals surface area contributed by atoms with Gasteiger partial charge in [0.15, 0.2) is 0 Å². The zero-order chi connectivity index (χ0) is 9.10. The molecule has 2 heterocycles. The van der Waals surface area contributed by atoms with Gasteiger partial charge < -0.3 is 5.32 Å². The third-order valence-corrected chi connectivity index (χ3v) is 4.24. The molecule has 1 aliphatic rings. The lowest BCUT2D eigenvalue weighted by Crippen LogP contribution is -2.27. The second-order valence-corrected chi connectivity index (χ2v) is 5.76. The Morgan fingerprint density at radius 2 is 2.62 bits per heavy atom. The van der Waals surface area contributed by atoms with Crippen molar-refractivity contribution in [2.75, 3.05) is 11.5 Å². The lowest BCUT2D eigenvalue weighted by atomic mass is 10.2. The number of hydrogen-bond donors (Lipinski definition) is 1. The van der Waals surface area contributed by atoms with Crippen LogP contribution in [0.25, 0.3) is 0 Å². The van der Waals surface area contributed by atoms with Gasteiger partial charge in [-0.05, 0) is 19.1 Å². The summed E-state index contributed by atoms with van der Waals surface area (Å²) in [7, 11) is 0. The van der Waals surface area contributed by atoms with Crippen molar-refractivity contribution in [2.24, 2.45) is 0 Å². The molecule has 13 heavy (non-hydrogen) atoms. The van der Waals surface area contributed by atoms with Crippen LogP contribution in [0.5, 0.6) is 0 Å². The van der Waals surface area contributed by atoms with Gasteiger partial charge in [-0.25, -0.2) is 4.98 Å². The van der Waals surface area contributed by atoms with E-state index in [1.165, 1.54) is 22.8 Å². The molecule has 1 N–H and O–H groups in total. The summed E-state index contributed by atoms with van der Waals surface area (Å²) in [5.41, 5.74) is 0. The monoisotopic (exact) mass is 214 g/mol. The normalized spacial score (nSPS) is 22.4. The summed E-state index contributed by atoms with van der Waals surface area (Å²) in [6.45, 7) is 3.05. The standard InChI is InChI=1S/C9H14N2S2/c1-7-10-4-9(13-7)5-11-8-2-3-12-6-8/h4,8,11H,2-3,5-6H2,1H3. The van der Waals surface area contributed by atoms with Crippen LogP contribution in [0.3, 0.4) is 0 Å². The number of thiazole rings is 1. The first-order valence-corrected chi connectivity index (χ1v) is 6.54. The van der Waals surface area contributed by atoms with Gasteiger partial charge in [0, 0.05) is 29.4 Å². The fraction of sp³-hybridized carbons (Fsp3) is 0.667. The Kier molecular flexibility index (Phi) is 3.24. The molecule has 2 nitrogen and oxygen atoms in total. The Morgan fingerprint density at radius 3 is 3.23 bits per heavy atom. The summed E-state index contributed by atoms with van der Waals surface area (Å²) < 4.78 is 0. The van der Waals surface area contributed by atoms with Crippen molar-refractivity contribution in [3.63, 3.8) is 0 Å². The van der Waals surface area contributed by atoms with E-state index in [0.717, 1.165) is 17.6 Å². The molecule has 0 amide bonds. The van der Waals surface area contributed by atoms with Gasteiger partial charge in [-0.2, -0.15) is 11.8 Å². The van der Waals surface area contributed by atoms with Crippen molar-refractivity contribution in [1.82, 2.24) is 10.3 Å². The Labute approximate surface area is 87.1 Å². The van der Waals surface area contributed by atoms with Crippen molar-refractivity contribution in [1.29, 1.82) is 0 Å². The van der Waals surface area contributed by atoms with E-state index in [2.05, 4.69) is 17.2 Å². The number of aryl methyl sites for hydroxylation is 1. The largest absolute Gasteiger partial charge is 0.308 e. The summed E-state index contributed by atoms with van der Waals surface area (Å²) in [4.78, 5) is 5.59. The van der Waals surface area contributed by atoms with E-state index >= 15 is 0 Å². The van der Waals surface area contributed by atoms with E-state index in [0.29, 0.717) is 0 Å². The average Bonchev–Trinajstić information content (AvgIpc) is 2.71. The second kappa shape index (κ2) is 4.44. The molecule has 0 radical (unpaired) electrons. The van der Waals surface area contributed by atoms with Crippen molar-refractivity contribution < 1.29 is 0 Å². The van der Waals surface area contributed by atoms with Crippen LogP contribution in [0.15, 0.2) is 6.20 Å². The van der Waals surface area contributed by atoms with E-state index in [-0.39, 0.29) is 0 Å². The van der Waals surface area contributed by atoms with E-state index in [9.17, 15) is 0 Å². The van der Waals surface area contributed by atoms with Crippen LogP contribution >= 0.6 is 23.1 Å². The predicted molar refractivity (Wildman–Crippen MR) is 59.4 cm³/mol. The van der Waals surface area contributed by atoms with Gasteiger partial charge in [0.2, 0.25) is 0 Å². The number of nitrogens with one attached hydrogen (secondary N) is 1. The molecule has 1 fully saturated rings. The van der Waals surface area contributed by atoms with Gasteiger partial charge in [0.25, 0.3) is 0 Å². The molecule has 0 spiro atoms. The quantitative estimate of drug-likeness (QED) is 0.833. The smallest absolute Gasteiger partial charge is 0.0897 e. The zero-order valence-corrected chi connectivity index (χ0v) is 9.38. The third-order valence-electron chi connectivity index (χ3n) is 2.16. The molecule has 2 rings (SSSR count). The molecule has 0 saturated carbocycles. The summed E-state index contributed by atoms with van der Waals surface area (Å²) in [6, 6.07) is 0.729. The fourth-order valence-corrected chi connectivity index (χ4v) is 3.36. The molecule has 1 aliphatic heterocycles. The van der Waals surface area contributed by atoms with Crippen LogP contribution in [0.1, 0.15) is 16.3 Å². The van der Waals surface area contributed by atoms with Gasteiger partial charge in [-0.1, -0.05) is 0 Å². The van der Waals surface area contributed by atoms with E-state index in [1.807, 2.05) is 18.0 Å². The van der Waals surface area contributed by atoms with E-state index in [4.69, 9.17) is 0 Å². The maximum Gasteiger partial charge on any atom is 0.0897 e. The van der Waals surface area contributed by atoms with Crippen LogP contribution in [-0.4, -0.2) is 22.5 Å². The molecule has 72 valence electrons. The van der Waals surface area contributed by atoms with Crippen molar-refractivity contribution in [3.8, 4) is 0 Å². The minimum absolute atomic E-state index is 0.729. The van der Waals surface area contributed by atoms with Crippen LogP contribution in [0.2, 0.25) is 0 Å². The van der Waals surface area contributed by atoms with Crippen molar-refractivity contribution in [3.05, 3.63) is 16.1 Å². The van der Waals surface area contributed by atoms with Gasteiger partial charge in [0.05, 0.1) is 5.01 Å². The minimum atomic E-state index is 0.729. The Balaban J connectivity index is 1.78. The zero-order valence-electron chi connectivity index (χ0n) is 7.75. The van der Waals surface area contributed by atoms with Gasteiger partial charge in [-0.3, -0.25) is 0 Å². The van der Waals surface area contributed by atoms with Crippen LogP contribution in [0, 0.1) is 6.92 Å². The maximum atomic E-state index is 4.24. The number of aromatic nitrogens is 1. The topological polar surface area (TPSA) is 24.9 Å². The first kappa shape index (κ1) is 9.49. The summed E-state index contributed by atoms with van der Waals surface area (Å²) in [5.74, 6) is 2.59. The highest BCUT2D eigenvalue weighted by Crippen LogP contribution is 2.18. The molecule has 1 atom stereocenters. The summed E-state index contributed by atoms with van der Waals surface area (Å²) in [5, 5.41) is 4.73. The third kappa shape index (κ3) is 2.69. The predicted octanol–water partition coefficient (Wildman–Crippen LogP) is 2.05. The Bertz CT molecular complexity index is 266. The molecule has 1 unspecified atom stereocenters. The lowest BCUT2D eigenvalue weighted by Gasteiger charge is -2.08. The van der Waals surface area contributed by atoms with Gasteiger partial charge in [-0.15, -0.1) is 11.3 Å². The first-order chi connectivity index (χ1) is 6.34. The summed E-state index contributed by atoms with van der Waals surface area (Å²) >= 11 is 3.84. The maximum absolute atomic E-state index is 4.24. The van der Waals surface area contributed by atoms with E-state index < -0.39 is 0 Å². The highest BCUT2D eigenvalue weighted by molar-refractivity contribution is 7.99. The summed E-state index contributed by atoms with van der Waals surface area (Å²) in [6.07, 6.45) is 3.30. The minimum Gasteiger partial charge on any atom is -0.308 e. The lowest BCUT2D eigenvalue weighted by molar-refractivity contribution is 0.561. The Morgan fingerprint density at radius 1 is 1.69 bits per heavy atom. The van der Waals surface area contributed by atoms with E-state index in [1.54, 1.807) is 11.3 Å². The molecule has 1 saturated heterocycles. The number of thioether (sulfide) groups is 1. The van der Waals surface area contributed by atoms with Crippen LogP contribution in [0.4, 0.5) is 0 Å². The molecule has 0 aromatic carbocycles. The fourth-order valence-electron chi connectivity index (χ4n) is 1.43. The molecular formula is C9H14N2S2. The van der Waals surface area contributed by atoms with Crippen LogP contribution < -0.4 is 5.32 Å². The van der Waals surface area contributed by atoms with Crippen molar-refractivity contribution in [2.45, 2.75) is 25.9 Å². The Hall–Kier alpha value is -0.0600. The number of nitrogens with zero attached hydrogens (tertiary/aromatic N) is 1. The SMILES string of the molecule is Cc1ncc(CNC2CCSC2)s1. The molecule has 1 aromatic rings. The van der Waals surface area contributed by atoms with Crippen LogP contribution in [-0.2, 0) is 6.54 Å². The highest BCUT2D eigenvalue weighted by Gasteiger charge is 2.14. The number of hydrogen-bond acceptors (Lipinski definition) is 4. The first-order valence-electron chi connectivity index (χ1n) is 4.57. The highest BCUT2D eigenvalue weighted by atomic mass is 32.2. The molecule has 4 heteroatoms.